The minimum atomic E-state index is -0.272. The lowest BCUT2D eigenvalue weighted by atomic mass is 10.0. The van der Waals surface area contributed by atoms with Crippen LogP contribution in [0.5, 0.6) is 11.5 Å². The van der Waals surface area contributed by atoms with Crippen molar-refractivity contribution in [3.05, 3.63) is 22.7 Å². The molecule has 4 nitrogen and oxygen atoms in total. The molecule has 0 aliphatic heterocycles. The van der Waals surface area contributed by atoms with Gasteiger partial charge in [0.15, 0.2) is 11.5 Å². The minimum Gasteiger partial charge on any atom is -0.493 e. The summed E-state index contributed by atoms with van der Waals surface area (Å²) < 4.78 is 10.5. The molecule has 0 radical (unpaired) electrons. The zero-order valence-corrected chi connectivity index (χ0v) is 13.4. The number of hydrogen-bond donors (Lipinski definition) is 2. The van der Waals surface area contributed by atoms with E-state index in [0.717, 1.165) is 18.4 Å². The molecule has 1 unspecified atom stereocenters. The lowest BCUT2D eigenvalue weighted by Crippen LogP contribution is -2.31. The van der Waals surface area contributed by atoms with E-state index in [0.29, 0.717) is 35.5 Å². The highest BCUT2D eigenvalue weighted by Gasteiger charge is 2.22. The van der Waals surface area contributed by atoms with Crippen molar-refractivity contribution >= 4 is 11.6 Å². The molecule has 0 aromatic heterocycles. The number of rotatable bonds is 7. The number of aliphatic hydroxyl groups is 1. The van der Waals surface area contributed by atoms with Crippen LogP contribution in [0.2, 0.25) is 5.02 Å². The van der Waals surface area contributed by atoms with Crippen LogP contribution >= 0.6 is 11.6 Å². The third kappa shape index (κ3) is 4.02. The SMILES string of the molecule is COc1ccc(CNCC(O)C2CCCC2)c(Cl)c1OC. The first-order valence-electron chi connectivity index (χ1n) is 7.45. The van der Waals surface area contributed by atoms with Crippen LogP contribution < -0.4 is 14.8 Å². The third-order valence-electron chi connectivity index (χ3n) is 4.18. The molecule has 1 aliphatic carbocycles. The van der Waals surface area contributed by atoms with Crippen LogP contribution in [-0.4, -0.2) is 32.0 Å². The van der Waals surface area contributed by atoms with Crippen molar-refractivity contribution in [2.45, 2.75) is 38.3 Å². The maximum absolute atomic E-state index is 10.1. The van der Waals surface area contributed by atoms with E-state index in [1.165, 1.54) is 12.8 Å². The van der Waals surface area contributed by atoms with E-state index in [9.17, 15) is 5.11 Å². The molecule has 0 saturated heterocycles. The summed E-state index contributed by atoms with van der Waals surface area (Å²) in [5.74, 6) is 1.62. The standard InChI is InChI=1S/C16H24ClNO3/c1-20-14-8-7-12(15(17)16(14)21-2)9-18-10-13(19)11-5-3-4-6-11/h7-8,11,13,18-19H,3-6,9-10H2,1-2H3. The second-order valence-corrected chi connectivity index (χ2v) is 5.89. The van der Waals surface area contributed by atoms with Gasteiger partial charge in [0.1, 0.15) is 0 Å². The Morgan fingerprint density at radius 3 is 2.62 bits per heavy atom. The van der Waals surface area contributed by atoms with E-state index >= 15 is 0 Å². The Balaban J connectivity index is 1.91. The maximum atomic E-state index is 10.1. The highest BCUT2D eigenvalue weighted by Crippen LogP contribution is 2.37. The summed E-state index contributed by atoms with van der Waals surface area (Å²) in [5, 5.41) is 14.0. The smallest absolute Gasteiger partial charge is 0.179 e. The molecule has 1 aliphatic rings. The van der Waals surface area contributed by atoms with Gasteiger partial charge in [0.2, 0.25) is 0 Å². The number of halogens is 1. The first-order chi connectivity index (χ1) is 10.2. The summed E-state index contributed by atoms with van der Waals surface area (Å²) in [4.78, 5) is 0. The summed E-state index contributed by atoms with van der Waals surface area (Å²) in [6.07, 6.45) is 4.48. The molecule has 2 N–H and O–H groups in total. The predicted octanol–water partition coefficient (Wildman–Crippen LogP) is 3.00. The highest BCUT2D eigenvalue weighted by atomic mass is 35.5. The molecular formula is C16H24ClNO3. The van der Waals surface area contributed by atoms with Crippen molar-refractivity contribution in [2.24, 2.45) is 5.92 Å². The highest BCUT2D eigenvalue weighted by molar-refractivity contribution is 6.33. The fraction of sp³-hybridized carbons (Fsp3) is 0.625. The second kappa shape index (κ2) is 7.87. The van der Waals surface area contributed by atoms with E-state index in [1.54, 1.807) is 14.2 Å². The number of methoxy groups -OCH3 is 2. The Morgan fingerprint density at radius 2 is 2.00 bits per heavy atom. The fourth-order valence-electron chi connectivity index (χ4n) is 2.93. The monoisotopic (exact) mass is 313 g/mol. The average Bonchev–Trinajstić information content (AvgIpc) is 3.02. The van der Waals surface area contributed by atoms with Gasteiger partial charge in [-0.1, -0.05) is 30.5 Å². The van der Waals surface area contributed by atoms with Crippen molar-refractivity contribution in [1.82, 2.24) is 5.32 Å². The normalized spacial score (nSPS) is 17.0. The van der Waals surface area contributed by atoms with Gasteiger partial charge in [0.05, 0.1) is 25.3 Å². The van der Waals surface area contributed by atoms with Crippen LogP contribution in [0.15, 0.2) is 12.1 Å². The van der Waals surface area contributed by atoms with Crippen LogP contribution in [0.3, 0.4) is 0 Å². The first-order valence-corrected chi connectivity index (χ1v) is 7.83. The molecule has 1 aromatic rings. The van der Waals surface area contributed by atoms with Crippen LogP contribution in [0.1, 0.15) is 31.2 Å². The molecule has 0 amide bonds. The van der Waals surface area contributed by atoms with E-state index < -0.39 is 0 Å². The molecular weight excluding hydrogens is 290 g/mol. The first kappa shape index (κ1) is 16.4. The Morgan fingerprint density at radius 1 is 1.29 bits per heavy atom. The largest absolute Gasteiger partial charge is 0.493 e. The number of hydrogen-bond acceptors (Lipinski definition) is 4. The Labute approximate surface area is 131 Å². The topological polar surface area (TPSA) is 50.7 Å². The van der Waals surface area contributed by atoms with Crippen molar-refractivity contribution in [2.75, 3.05) is 20.8 Å². The predicted molar refractivity (Wildman–Crippen MR) is 84.2 cm³/mol. The van der Waals surface area contributed by atoms with Gasteiger partial charge in [-0.05, 0) is 30.4 Å². The lowest BCUT2D eigenvalue weighted by molar-refractivity contribution is 0.109. The Kier molecular flexibility index (Phi) is 6.15. The summed E-state index contributed by atoms with van der Waals surface area (Å²) in [5.41, 5.74) is 0.938. The summed E-state index contributed by atoms with van der Waals surface area (Å²) >= 11 is 6.33. The van der Waals surface area contributed by atoms with Gasteiger partial charge in [-0.15, -0.1) is 0 Å². The average molecular weight is 314 g/mol. The molecule has 1 fully saturated rings. The zero-order valence-electron chi connectivity index (χ0n) is 12.7. The Bertz CT molecular complexity index is 461. The number of benzene rings is 1. The van der Waals surface area contributed by atoms with Crippen LogP contribution in [-0.2, 0) is 6.54 Å². The van der Waals surface area contributed by atoms with Gasteiger partial charge < -0.3 is 19.9 Å². The molecule has 0 heterocycles. The lowest BCUT2D eigenvalue weighted by Gasteiger charge is -2.19. The van der Waals surface area contributed by atoms with Crippen LogP contribution in [0.25, 0.3) is 0 Å². The van der Waals surface area contributed by atoms with Gasteiger partial charge in [-0.2, -0.15) is 0 Å². The van der Waals surface area contributed by atoms with Crippen LogP contribution in [0, 0.1) is 5.92 Å². The zero-order chi connectivity index (χ0) is 15.2. The maximum Gasteiger partial charge on any atom is 0.179 e. The molecule has 5 heteroatoms. The molecule has 0 bridgehead atoms. The van der Waals surface area contributed by atoms with Crippen molar-refractivity contribution in [3.63, 3.8) is 0 Å². The van der Waals surface area contributed by atoms with E-state index in [-0.39, 0.29) is 6.10 Å². The molecule has 1 saturated carbocycles. The molecule has 1 aromatic carbocycles. The summed E-state index contributed by atoms with van der Waals surface area (Å²) in [6, 6.07) is 3.76. The minimum absolute atomic E-state index is 0.272. The molecule has 2 rings (SSSR count). The van der Waals surface area contributed by atoms with Crippen molar-refractivity contribution in [1.29, 1.82) is 0 Å². The van der Waals surface area contributed by atoms with Crippen molar-refractivity contribution in [3.8, 4) is 11.5 Å². The molecule has 118 valence electrons. The van der Waals surface area contributed by atoms with E-state index in [1.807, 2.05) is 12.1 Å². The Hall–Kier alpha value is -0.970. The summed E-state index contributed by atoms with van der Waals surface area (Å²) in [6.45, 7) is 1.19. The molecule has 0 spiro atoms. The summed E-state index contributed by atoms with van der Waals surface area (Å²) in [7, 11) is 3.16. The van der Waals surface area contributed by atoms with Gasteiger partial charge in [0.25, 0.3) is 0 Å². The molecule has 21 heavy (non-hydrogen) atoms. The number of aliphatic hydroxyl groups excluding tert-OH is 1. The quantitative estimate of drug-likeness (QED) is 0.812. The van der Waals surface area contributed by atoms with Gasteiger partial charge in [-0.3, -0.25) is 0 Å². The van der Waals surface area contributed by atoms with Gasteiger partial charge in [0, 0.05) is 13.1 Å². The fourth-order valence-corrected chi connectivity index (χ4v) is 3.23. The van der Waals surface area contributed by atoms with Crippen molar-refractivity contribution < 1.29 is 14.6 Å². The van der Waals surface area contributed by atoms with Gasteiger partial charge >= 0.3 is 0 Å². The second-order valence-electron chi connectivity index (χ2n) is 5.52. The molecule has 1 atom stereocenters. The van der Waals surface area contributed by atoms with Crippen LogP contribution in [0.4, 0.5) is 0 Å². The number of nitrogens with one attached hydrogen (secondary N) is 1. The van der Waals surface area contributed by atoms with E-state index in [2.05, 4.69) is 5.32 Å². The van der Waals surface area contributed by atoms with Gasteiger partial charge in [-0.25, -0.2) is 0 Å². The van der Waals surface area contributed by atoms with E-state index in [4.69, 9.17) is 21.1 Å². The number of ether oxygens (including phenoxy) is 2. The third-order valence-corrected chi connectivity index (χ3v) is 4.59.